The van der Waals surface area contributed by atoms with Gasteiger partial charge in [-0.25, -0.2) is 0 Å². The number of nitrogens with one attached hydrogen (secondary N) is 1. The van der Waals surface area contributed by atoms with E-state index in [0.29, 0.717) is 6.61 Å². The fraction of sp³-hybridized carbons (Fsp3) is 1.00. The van der Waals surface area contributed by atoms with Crippen molar-refractivity contribution in [2.24, 2.45) is 5.41 Å². The zero-order valence-corrected chi connectivity index (χ0v) is 9.60. The molecule has 0 atom stereocenters. The van der Waals surface area contributed by atoms with E-state index in [4.69, 9.17) is 9.84 Å². The Morgan fingerprint density at radius 2 is 2.00 bits per heavy atom. The highest BCUT2D eigenvalue weighted by Crippen LogP contribution is 2.44. The van der Waals surface area contributed by atoms with Crippen LogP contribution in [0.1, 0.15) is 33.6 Å². The maximum atomic E-state index is 9.07. The van der Waals surface area contributed by atoms with E-state index in [0.717, 1.165) is 32.5 Å². The highest BCUT2D eigenvalue weighted by Gasteiger charge is 2.41. The molecule has 0 saturated heterocycles. The molecule has 0 aromatic rings. The van der Waals surface area contributed by atoms with E-state index >= 15 is 0 Å². The van der Waals surface area contributed by atoms with Gasteiger partial charge in [0.05, 0.1) is 12.2 Å². The Bertz CT molecular complexity index is 171. The van der Waals surface area contributed by atoms with Crippen LogP contribution in [-0.4, -0.2) is 37.0 Å². The van der Waals surface area contributed by atoms with Gasteiger partial charge in [0.2, 0.25) is 0 Å². The Morgan fingerprint density at radius 3 is 2.43 bits per heavy atom. The molecule has 1 aliphatic carbocycles. The van der Waals surface area contributed by atoms with Gasteiger partial charge in [0.15, 0.2) is 0 Å². The van der Waals surface area contributed by atoms with Crippen molar-refractivity contribution in [3.05, 3.63) is 0 Å². The molecular formula is C11H23NO2. The van der Waals surface area contributed by atoms with Crippen molar-refractivity contribution in [1.82, 2.24) is 5.32 Å². The topological polar surface area (TPSA) is 41.5 Å². The standard InChI is InChI=1S/C11H23NO2/c1-10(2,3)14-7-6-12-8-11(9-13)4-5-11/h12-13H,4-9H2,1-3H3. The van der Waals surface area contributed by atoms with Gasteiger partial charge in [-0.1, -0.05) is 0 Å². The minimum atomic E-state index is -0.0457. The second-order valence-electron chi connectivity index (χ2n) is 5.30. The van der Waals surface area contributed by atoms with Crippen molar-refractivity contribution in [1.29, 1.82) is 0 Å². The highest BCUT2D eigenvalue weighted by atomic mass is 16.5. The number of aliphatic hydroxyl groups is 1. The Morgan fingerprint density at radius 1 is 1.36 bits per heavy atom. The fourth-order valence-electron chi connectivity index (χ4n) is 1.35. The Kier molecular flexibility index (Phi) is 3.93. The molecule has 0 spiro atoms. The summed E-state index contributed by atoms with van der Waals surface area (Å²) in [5.41, 5.74) is 0.164. The first-order valence-corrected chi connectivity index (χ1v) is 5.43. The molecule has 0 aliphatic heterocycles. The van der Waals surface area contributed by atoms with Crippen LogP contribution in [0.4, 0.5) is 0 Å². The van der Waals surface area contributed by atoms with Crippen molar-refractivity contribution >= 4 is 0 Å². The normalized spacial score (nSPS) is 19.7. The van der Waals surface area contributed by atoms with Gasteiger partial charge in [0.1, 0.15) is 0 Å². The van der Waals surface area contributed by atoms with Crippen LogP contribution < -0.4 is 5.32 Å². The fourth-order valence-corrected chi connectivity index (χ4v) is 1.35. The highest BCUT2D eigenvalue weighted by molar-refractivity contribution is 4.94. The monoisotopic (exact) mass is 201 g/mol. The number of ether oxygens (including phenoxy) is 1. The molecule has 1 fully saturated rings. The Labute approximate surface area is 86.8 Å². The summed E-state index contributed by atoms with van der Waals surface area (Å²) >= 11 is 0. The first kappa shape index (κ1) is 12.0. The molecule has 1 aliphatic rings. The van der Waals surface area contributed by atoms with E-state index in [1.54, 1.807) is 0 Å². The average molecular weight is 201 g/mol. The molecule has 0 bridgehead atoms. The quantitative estimate of drug-likeness (QED) is 0.634. The molecule has 1 saturated carbocycles. The zero-order valence-electron chi connectivity index (χ0n) is 9.60. The lowest BCUT2D eigenvalue weighted by Gasteiger charge is -2.20. The number of rotatable bonds is 6. The summed E-state index contributed by atoms with van der Waals surface area (Å²) < 4.78 is 5.57. The molecule has 3 heteroatoms. The number of hydrogen-bond donors (Lipinski definition) is 2. The van der Waals surface area contributed by atoms with Crippen molar-refractivity contribution in [2.75, 3.05) is 26.3 Å². The zero-order chi connectivity index (χ0) is 10.7. The van der Waals surface area contributed by atoms with Gasteiger partial charge in [0, 0.05) is 25.1 Å². The molecule has 0 radical (unpaired) electrons. The van der Waals surface area contributed by atoms with Gasteiger partial charge in [-0.05, 0) is 33.6 Å². The smallest absolute Gasteiger partial charge is 0.0599 e. The van der Waals surface area contributed by atoms with E-state index < -0.39 is 0 Å². The van der Waals surface area contributed by atoms with Crippen LogP contribution in [0.5, 0.6) is 0 Å². The third-order valence-corrected chi connectivity index (χ3v) is 2.61. The molecular weight excluding hydrogens is 178 g/mol. The molecule has 0 heterocycles. The molecule has 14 heavy (non-hydrogen) atoms. The predicted molar refractivity (Wildman–Crippen MR) is 57.3 cm³/mol. The second-order valence-corrected chi connectivity index (χ2v) is 5.30. The van der Waals surface area contributed by atoms with Crippen LogP contribution in [0.3, 0.4) is 0 Å². The minimum absolute atomic E-state index is 0.0457. The van der Waals surface area contributed by atoms with E-state index in [9.17, 15) is 0 Å². The van der Waals surface area contributed by atoms with E-state index in [2.05, 4.69) is 26.1 Å². The maximum Gasteiger partial charge on any atom is 0.0599 e. The summed E-state index contributed by atoms with van der Waals surface area (Å²) in [5.74, 6) is 0. The van der Waals surface area contributed by atoms with E-state index in [-0.39, 0.29) is 11.0 Å². The second kappa shape index (κ2) is 4.60. The molecule has 0 amide bonds. The summed E-state index contributed by atoms with van der Waals surface area (Å²) in [7, 11) is 0. The van der Waals surface area contributed by atoms with Crippen LogP contribution in [0, 0.1) is 5.41 Å². The first-order chi connectivity index (χ1) is 6.47. The molecule has 84 valence electrons. The van der Waals surface area contributed by atoms with Crippen molar-refractivity contribution in [3.8, 4) is 0 Å². The van der Waals surface area contributed by atoms with Crippen molar-refractivity contribution in [2.45, 2.75) is 39.2 Å². The molecule has 0 aromatic carbocycles. The summed E-state index contributed by atoms with van der Waals surface area (Å²) in [5, 5.41) is 12.4. The van der Waals surface area contributed by atoms with Crippen LogP contribution in [0.15, 0.2) is 0 Å². The van der Waals surface area contributed by atoms with Gasteiger partial charge in [-0.3, -0.25) is 0 Å². The van der Waals surface area contributed by atoms with Crippen LogP contribution in [-0.2, 0) is 4.74 Å². The van der Waals surface area contributed by atoms with E-state index in [1.807, 2.05) is 0 Å². The van der Waals surface area contributed by atoms with Gasteiger partial charge in [-0.2, -0.15) is 0 Å². The number of aliphatic hydroxyl groups excluding tert-OH is 1. The van der Waals surface area contributed by atoms with Gasteiger partial charge in [-0.15, -0.1) is 0 Å². The largest absolute Gasteiger partial charge is 0.396 e. The summed E-state index contributed by atoms with van der Waals surface area (Å²) in [6.45, 7) is 9.04. The minimum Gasteiger partial charge on any atom is -0.396 e. The first-order valence-electron chi connectivity index (χ1n) is 5.43. The van der Waals surface area contributed by atoms with Gasteiger partial charge < -0.3 is 15.2 Å². The third-order valence-electron chi connectivity index (χ3n) is 2.61. The Hall–Kier alpha value is -0.120. The summed E-state index contributed by atoms with van der Waals surface area (Å²) in [6, 6.07) is 0. The van der Waals surface area contributed by atoms with Crippen LogP contribution in [0.2, 0.25) is 0 Å². The summed E-state index contributed by atoms with van der Waals surface area (Å²) in [4.78, 5) is 0. The summed E-state index contributed by atoms with van der Waals surface area (Å²) in [6.07, 6.45) is 2.33. The van der Waals surface area contributed by atoms with Crippen LogP contribution >= 0.6 is 0 Å². The molecule has 0 aromatic heterocycles. The average Bonchev–Trinajstić information content (AvgIpc) is 2.83. The molecule has 2 N–H and O–H groups in total. The van der Waals surface area contributed by atoms with E-state index in [1.165, 1.54) is 0 Å². The molecule has 1 rings (SSSR count). The maximum absolute atomic E-state index is 9.07. The number of hydrogen-bond acceptors (Lipinski definition) is 3. The molecule has 0 unspecified atom stereocenters. The van der Waals surface area contributed by atoms with Crippen molar-refractivity contribution in [3.63, 3.8) is 0 Å². The predicted octanol–water partition coefficient (Wildman–Crippen LogP) is 1.16. The van der Waals surface area contributed by atoms with Gasteiger partial charge in [0.25, 0.3) is 0 Å². The lowest BCUT2D eigenvalue weighted by atomic mass is 10.1. The SMILES string of the molecule is CC(C)(C)OCCNCC1(CO)CC1. The third kappa shape index (κ3) is 4.40. The van der Waals surface area contributed by atoms with Crippen LogP contribution in [0.25, 0.3) is 0 Å². The van der Waals surface area contributed by atoms with Gasteiger partial charge >= 0.3 is 0 Å². The Balaban J connectivity index is 1.95. The van der Waals surface area contributed by atoms with Crippen molar-refractivity contribution < 1.29 is 9.84 Å². The molecule has 3 nitrogen and oxygen atoms in total. The lowest BCUT2D eigenvalue weighted by Crippen LogP contribution is -2.31. The lowest BCUT2D eigenvalue weighted by molar-refractivity contribution is -0.00132.